The zero-order valence-corrected chi connectivity index (χ0v) is 19.4. The van der Waals surface area contributed by atoms with Crippen molar-refractivity contribution in [2.45, 2.75) is 69.4 Å². The Hall–Kier alpha value is -2.11. The number of hydrogen-bond acceptors (Lipinski definition) is 3. The van der Waals surface area contributed by atoms with Crippen LogP contribution in [0.4, 0.5) is 0 Å². The highest BCUT2D eigenvalue weighted by Crippen LogP contribution is 2.43. The Morgan fingerprint density at radius 2 is 2.00 bits per heavy atom. The molecule has 2 aromatic heterocycles. The van der Waals surface area contributed by atoms with E-state index in [1.807, 2.05) is 0 Å². The van der Waals surface area contributed by atoms with Crippen LogP contribution in [0.2, 0.25) is 0 Å². The second-order valence-electron chi connectivity index (χ2n) is 10.5. The molecule has 4 fully saturated rings. The molecule has 170 valence electrons. The zero-order chi connectivity index (χ0) is 21.5. The molecular weight excluding hydrogens is 394 g/mol. The quantitative estimate of drug-likeness (QED) is 0.583. The van der Waals surface area contributed by atoms with Crippen LogP contribution in [0.3, 0.4) is 0 Å². The molecule has 1 aromatic carbocycles. The number of para-hydroxylation sites is 1. The first kappa shape index (κ1) is 20.5. The van der Waals surface area contributed by atoms with Crippen LogP contribution >= 0.6 is 0 Å². The van der Waals surface area contributed by atoms with E-state index in [0.29, 0.717) is 17.9 Å². The molecule has 1 saturated carbocycles. The lowest BCUT2D eigenvalue weighted by atomic mass is 9.74. The number of fused-ring (bicyclic) bond motifs is 4. The summed E-state index contributed by atoms with van der Waals surface area (Å²) in [6, 6.07) is 11.7. The first-order valence-electron chi connectivity index (χ1n) is 12.8. The lowest BCUT2D eigenvalue weighted by Crippen LogP contribution is -2.55. The molecule has 3 aliphatic heterocycles. The smallest absolute Gasteiger partial charge is 0.0658 e. The van der Waals surface area contributed by atoms with Crippen molar-refractivity contribution < 1.29 is 0 Å². The predicted molar refractivity (Wildman–Crippen MR) is 130 cm³/mol. The normalized spacial score (nSPS) is 28.5. The van der Waals surface area contributed by atoms with Crippen LogP contribution in [-0.4, -0.2) is 45.3 Å². The third-order valence-corrected chi connectivity index (χ3v) is 8.59. The van der Waals surface area contributed by atoms with Crippen molar-refractivity contribution in [3.05, 3.63) is 53.5 Å². The topological polar surface area (TPSA) is 48.9 Å². The van der Waals surface area contributed by atoms with Gasteiger partial charge in [-0.05, 0) is 55.8 Å². The largest absolute Gasteiger partial charge is 0.361 e. The van der Waals surface area contributed by atoms with E-state index in [1.165, 1.54) is 85.9 Å². The lowest BCUT2D eigenvalue weighted by Gasteiger charge is -2.50. The molecule has 5 heterocycles. The summed E-state index contributed by atoms with van der Waals surface area (Å²) >= 11 is 0. The van der Waals surface area contributed by atoms with Gasteiger partial charge < -0.3 is 10.3 Å². The maximum absolute atomic E-state index is 5.00. The maximum Gasteiger partial charge on any atom is 0.0658 e. The Morgan fingerprint density at radius 1 is 1.12 bits per heavy atom. The number of aryl methyl sites for hydroxylation is 1. The number of benzene rings is 1. The summed E-state index contributed by atoms with van der Waals surface area (Å²) in [6.45, 7) is 4.48. The molecule has 2 N–H and O–H groups in total. The lowest BCUT2D eigenvalue weighted by molar-refractivity contribution is 0.0282. The summed E-state index contributed by atoms with van der Waals surface area (Å²) < 4.78 is 2.22. The molecule has 5 nitrogen and oxygen atoms in total. The van der Waals surface area contributed by atoms with E-state index in [0.717, 1.165) is 19.0 Å². The van der Waals surface area contributed by atoms with Gasteiger partial charge in [-0.2, -0.15) is 5.10 Å². The first-order chi connectivity index (χ1) is 15.8. The number of rotatable bonds is 6. The monoisotopic (exact) mass is 431 g/mol. The van der Waals surface area contributed by atoms with E-state index in [4.69, 9.17) is 5.10 Å². The summed E-state index contributed by atoms with van der Waals surface area (Å²) in [4.78, 5) is 6.15. The minimum Gasteiger partial charge on any atom is -0.361 e. The Morgan fingerprint density at radius 3 is 2.84 bits per heavy atom. The fourth-order valence-electron chi connectivity index (χ4n) is 6.79. The number of nitrogens with zero attached hydrogens (tertiary/aromatic N) is 3. The molecule has 3 saturated heterocycles. The average molecular weight is 432 g/mol. The summed E-state index contributed by atoms with van der Waals surface area (Å²) in [5, 5.41) is 10.1. The molecule has 0 radical (unpaired) electrons. The molecule has 4 atom stereocenters. The van der Waals surface area contributed by atoms with Gasteiger partial charge in [0, 0.05) is 67.4 Å². The van der Waals surface area contributed by atoms with Crippen molar-refractivity contribution in [2.75, 3.05) is 19.6 Å². The van der Waals surface area contributed by atoms with Crippen molar-refractivity contribution in [1.29, 1.82) is 0 Å². The average Bonchev–Trinajstić information content (AvgIpc) is 3.44. The maximum atomic E-state index is 5.00. The van der Waals surface area contributed by atoms with Crippen molar-refractivity contribution in [3.63, 3.8) is 0 Å². The molecule has 2 bridgehead atoms. The van der Waals surface area contributed by atoms with Crippen LogP contribution in [0.1, 0.15) is 73.7 Å². The van der Waals surface area contributed by atoms with Crippen LogP contribution in [0.5, 0.6) is 0 Å². The predicted octanol–water partition coefficient (Wildman–Crippen LogP) is 4.92. The summed E-state index contributed by atoms with van der Waals surface area (Å²) in [5.41, 5.74) is 5.47. The molecule has 4 aliphatic rings. The summed E-state index contributed by atoms with van der Waals surface area (Å²) in [6.07, 6.45) is 11.6. The van der Waals surface area contributed by atoms with Crippen molar-refractivity contribution in [1.82, 2.24) is 25.0 Å². The van der Waals surface area contributed by atoms with E-state index in [-0.39, 0.29) is 0 Å². The molecule has 5 heteroatoms. The molecule has 0 amide bonds. The standard InChI is InChI=1S/C27H37N5/c1-31-27(14-26(30-31)19-7-3-2-4-8-19)24-18-32-12-11-20(24)13-22(32)17-28-15-21-16-29-25-10-6-5-9-23(21)25/h5-6,9-10,14,16,19-20,22,24,28-29H,2-4,7-8,11-13,15,17-18H2,1H3/t20-,22+,24-/m0/s1. The van der Waals surface area contributed by atoms with E-state index in [2.05, 4.69) is 63.5 Å². The van der Waals surface area contributed by atoms with E-state index < -0.39 is 0 Å². The Labute approximate surface area is 191 Å². The van der Waals surface area contributed by atoms with Crippen molar-refractivity contribution in [2.24, 2.45) is 13.0 Å². The van der Waals surface area contributed by atoms with Gasteiger partial charge in [0.1, 0.15) is 0 Å². The highest BCUT2D eigenvalue weighted by atomic mass is 15.3. The molecule has 3 aromatic rings. The minimum absolute atomic E-state index is 0.656. The first-order valence-corrected chi connectivity index (χ1v) is 12.8. The number of piperidine rings is 3. The third-order valence-electron chi connectivity index (χ3n) is 8.59. The number of aromatic amines is 1. The van der Waals surface area contributed by atoms with Crippen LogP contribution in [-0.2, 0) is 13.6 Å². The van der Waals surface area contributed by atoms with Crippen LogP contribution in [0, 0.1) is 5.92 Å². The van der Waals surface area contributed by atoms with Crippen LogP contribution in [0.25, 0.3) is 10.9 Å². The SMILES string of the molecule is Cn1nc(C2CCCCC2)cc1[C@H]1CN2CC[C@H]1C[C@@H]2CNCc1c[nH]c2ccccc12. The van der Waals surface area contributed by atoms with Gasteiger partial charge in [-0.15, -0.1) is 0 Å². The van der Waals surface area contributed by atoms with Gasteiger partial charge in [0.15, 0.2) is 0 Å². The second kappa shape index (κ2) is 8.68. The fourth-order valence-corrected chi connectivity index (χ4v) is 6.79. The highest BCUT2D eigenvalue weighted by molar-refractivity contribution is 5.82. The van der Waals surface area contributed by atoms with Gasteiger partial charge >= 0.3 is 0 Å². The third kappa shape index (κ3) is 3.80. The van der Waals surface area contributed by atoms with Gasteiger partial charge in [-0.1, -0.05) is 37.5 Å². The van der Waals surface area contributed by atoms with Gasteiger partial charge in [-0.25, -0.2) is 0 Å². The Balaban J connectivity index is 1.09. The Bertz CT molecular complexity index is 1060. The fraction of sp³-hybridized carbons (Fsp3) is 0.593. The molecule has 1 unspecified atom stereocenters. The minimum atomic E-state index is 0.656. The van der Waals surface area contributed by atoms with Gasteiger partial charge in [0.05, 0.1) is 5.69 Å². The van der Waals surface area contributed by atoms with Crippen LogP contribution in [0.15, 0.2) is 36.5 Å². The number of H-pyrrole nitrogens is 1. The number of nitrogens with one attached hydrogen (secondary N) is 2. The number of aromatic nitrogens is 3. The molecular formula is C27H37N5. The van der Waals surface area contributed by atoms with Gasteiger partial charge in [-0.3, -0.25) is 9.58 Å². The zero-order valence-electron chi connectivity index (χ0n) is 19.4. The summed E-state index contributed by atoms with van der Waals surface area (Å²) in [7, 11) is 2.18. The van der Waals surface area contributed by atoms with E-state index in [1.54, 1.807) is 0 Å². The number of hydrogen-bond donors (Lipinski definition) is 2. The van der Waals surface area contributed by atoms with Gasteiger partial charge in [0.25, 0.3) is 0 Å². The highest BCUT2D eigenvalue weighted by Gasteiger charge is 2.41. The second-order valence-corrected chi connectivity index (χ2v) is 10.5. The molecule has 7 rings (SSSR count). The summed E-state index contributed by atoms with van der Waals surface area (Å²) in [5.74, 6) is 2.16. The van der Waals surface area contributed by atoms with Crippen molar-refractivity contribution >= 4 is 10.9 Å². The molecule has 1 aliphatic carbocycles. The van der Waals surface area contributed by atoms with E-state index in [9.17, 15) is 0 Å². The van der Waals surface area contributed by atoms with Gasteiger partial charge in [0.2, 0.25) is 0 Å². The Kier molecular flexibility index (Phi) is 5.56. The van der Waals surface area contributed by atoms with E-state index >= 15 is 0 Å². The van der Waals surface area contributed by atoms with Crippen LogP contribution < -0.4 is 5.32 Å². The molecule has 0 spiro atoms. The molecule has 32 heavy (non-hydrogen) atoms. The van der Waals surface area contributed by atoms with Crippen molar-refractivity contribution in [3.8, 4) is 0 Å².